The molecule has 0 spiro atoms. The molecule has 1 atom stereocenters. The van der Waals surface area contributed by atoms with Crippen LogP contribution in [0.2, 0.25) is 0 Å². The highest BCUT2D eigenvalue weighted by Crippen LogP contribution is 2.42. The van der Waals surface area contributed by atoms with E-state index in [1.54, 1.807) is 44.2 Å². The molecule has 0 saturated carbocycles. The smallest absolute Gasteiger partial charge is 0.338 e. The van der Waals surface area contributed by atoms with E-state index in [2.05, 4.69) is 6.58 Å². The minimum Gasteiger partial charge on any atom is -0.489 e. The van der Waals surface area contributed by atoms with Crippen LogP contribution < -0.4 is 10.5 Å². The van der Waals surface area contributed by atoms with E-state index in [4.69, 9.17) is 19.9 Å². The van der Waals surface area contributed by atoms with Crippen LogP contribution in [0.4, 0.5) is 0 Å². The minimum absolute atomic E-state index is 0.0310. The summed E-state index contributed by atoms with van der Waals surface area (Å²) in [7, 11) is 0. The number of ether oxygens (including phenoxy) is 3. The van der Waals surface area contributed by atoms with E-state index >= 15 is 0 Å². The third-order valence-corrected chi connectivity index (χ3v) is 3.69. The Labute approximate surface area is 146 Å². The molecular formula is C19H20N2O4. The summed E-state index contributed by atoms with van der Waals surface area (Å²) in [5, 5.41) is 9.58. The van der Waals surface area contributed by atoms with E-state index in [1.165, 1.54) is 0 Å². The molecule has 2 N–H and O–H groups in total. The van der Waals surface area contributed by atoms with Crippen molar-refractivity contribution in [3.8, 4) is 11.8 Å². The average Bonchev–Trinajstić information content (AvgIpc) is 2.59. The van der Waals surface area contributed by atoms with E-state index in [0.29, 0.717) is 23.7 Å². The highest BCUT2D eigenvalue weighted by molar-refractivity contribution is 5.92. The zero-order valence-corrected chi connectivity index (χ0v) is 14.2. The van der Waals surface area contributed by atoms with Gasteiger partial charge in [-0.1, -0.05) is 30.9 Å². The van der Waals surface area contributed by atoms with Gasteiger partial charge in [0.1, 0.15) is 29.8 Å². The summed E-state index contributed by atoms with van der Waals surface area (Å²) in [5.41, 5.74) is 6.90. The maximum absolute atomic E-state index is 12.5. The molecule has 0 fully saturated rings. The Morgan fingerprint density at radius 3 is 2.84 bits per heavy atom. The van der Waals surface area contributed by atoms with Gasteiger partial charge >= 0.3 is 5.97 Å². The molecule has 1 aliphatic heterocycles. The number of carbonyl (C=O) groups is 1. The van der Waals surface area contributed by atoms with E-state index < -0.39 is 11.9 Å². The number of allylic oxidation sites excluding steroid dienone is 2. The van der Waals surface area contributed by atoms with Gasteiger partial charge in [0.25, 0.3) is 0 Å². The summed E-state index contributed by atoms with van der Waals surface area (Å²) < 4.78 is 16.2. The van der Waals surface area contributed by atoms with Crippen molar-refractivity contribution in [2.45, 2.75) is 19.8 Å². The fourth-order valence-corrected chi connectivity index (χ4v) is 2.66. The standard InChI is InChI=1S/C19H20N2O4/c1-4-10-24-15-9-7-6-8-13(15)17-14(11-20)18(21)25-12(3)16(17)19(22)23-5-2/h4,6-9,17H,1,5,10,21H2,2-3H3/t17-/m1/s1. The first-order valence-corrected chi connectivity index (χ1v) is 7.83. The molecule has 0 amide bonds. The molecule has 2 rings (SSSR count). The number of nitriles is 1. The molecule has 1 aromatic carbocycles. The second-order valence-electron chi connectivity index (χ2n) is 5.25. The van der Waals surface area contributed by atoms with Crippen LogP contribution in [0.25, 0.3) is 0 Å². The number of carbonyl (C=O) groups excluding carboxylic acids is 1. The number of nitrogens with zero attached hydrogens (tertiary/aromatic N) is 1. The lowest BCUT2D eigenvalue weighted by atomic mass is 9.82. The van der Waals surface area contributed by atoms with Crippen LogP contribution in [-0.2, 0) is 14.3 Å². The highest BCUT2D eigenvalue weighted by atomic mass is 16.5. The summed E-state index contributed by atoms with van der Waals surface area (Å²) in [6.07, 6.45) is 1.61. The first-order valence-electron chi connectivity index (χ1n) is 7.83. The fourth-order valence-electron chi connectivity index (χ4n) is 2.66. The lowest BCUT2D eigenvalue weighted by Crippen LogP contribution is -2.26. The summed E-state index contributed by atoms with van der Waals surface area (Å²) in [6, 6.07) is 9.20. The van der Waals surface area contributed by atoms with Gasteiger partial charge in [0.15, 0.2) is 0 Å². The van der Waals surface area contributed by atoms with Crippen molar-refractivity contribution in [2.24, 2.45) is 5.73 Å². The van der Waals surface area contributed by atoms with Gasteiger partial charge in [0, 0.05) is 5.56 Å². The van der Waals surface area contributed by atoms with Crippen molar-refractivity contribution in [3.63, 3.8) is 0 Å². The Kier molecular flexibility index (Phi) is 5.85. The second kappa shape index (κ2) is 8.06. The monoisotopic (exact) mass is 340 g/mol. The van der Waals surface area contributed by atoms with Gasteiger partial charge < -0.3 is 19.9 Å². The molecule has 130 valence electrons. The predicted octanol–water partition coefficient (Wildman–Crippen LogP) is 2.90. The zero-order valence-electron chi connectivity index (χ0n) is 14.2. The van der Waals surface area contributed by atoms with Crippen LogP contribution in [0.15, 0.2) is 59.7 Å². The Hall–Kier alpha value is -3.20. The molecule has 25 heavy (non-hydrogen) atoms. The van der Waals surface area contributed by atoms with E-state index in [9.17, 15) is 10.1 Å². The Morgan fingerprint density at radius 2 is 2.20 bits per heavy atom. The third kappa shape index (κ3) is 3.66. The van der Waals surface area contributed by atoms with Gasteiger partial charge in [0.05, 0.1) is 18.1 Å². The minimum atomic E-state index is -0.723. The fraction of sp³-hybridized carbons (Fsp3) is 0.263. The second-order valence-corrected chi connectivity index (χ2v) is 5.25. The highest BCUT2D eigenvalue weighted by Gasteiger charge is 2.37. The number of rotatable bonds is 6. The van der Waals surface area contributed by atoms with E-state index in [0.717, 1.165) is 0 Å². The molecule has 0 bridgehead atoms. The Morgan fingerprint density at radius 1 is 1.48 bits per heavy atom. The van der Waals surface area contributed by atoms with Crippen LogP contribution in [0.3, 0.4) is 0 Å². The van der Waals surface area contributed by atoms with Crippen molar-refractivity contribution in [1.82, 2.24) is 0 Å². The quantitative estimate of drug-likeness (QED) is 0.632. The SMILES string of the molecule is C=CCOc1ccccc1[C@@H]1C(C#N)=C(N)OC(C)=C1C(=O)OCC. The predicted molar refractivity (Wildman–Crippen MR) is 92.1 cm³/mol. The van der Waals surface area contributed by atoms with Gasteiger partial charge in [-0.2, -0.15) is 5.26 Å². The van der Waals surface area contributed by atoms with Crippen LogP contribution in [0.5, 0.6) is 5.75 Å². The molecule has 0 saturated heterocycles. The molecular weight excluding hydrogens is 320 g/mol. The normalized spacial score (nSPS) is 16.8. The molecule has 6 heteroatoms. The zero-order chi connectivity index (χ0) is 18.4. The van der Waals surface area contributed by atoms with Crippen molar-refractivity contribution in [3.05, 3.63) is 65.3 Å². The van der Waals surface area contributed by atoms with Gasteiger partial charge in [-0.15, -0.1) is 0 Å². The number of esters is 1. The third-order valence-electron chi connectivity index (χ3n) is 3.69. The van der Waals surface area contributed by atoms with Crippen LogP contribution in [0, 0.1) is 11.3 Å². The summed E-state index contributed by atoms with van der Waals surface area (Å²) in [6.45, 7) is 7.46. The summed E-state index contributed by atoms with van der Waals surface area (Å²) in [4.78, 5) is 12.5. The van der Waals surface area contributed by atoms with Crippen LogP contribution in [-0.4, -0.2) is 19.2 Å². The molecule has 0 radical (unpaired) electrons. The van der Waals surface area contributed by atoms with Crippen LogP contribution in [0.1, 0.15) is 25.3 Å². The molecule has 0 unspecified atom stereocenters. The molecule has 1 heterocycles. The lowest BCUT2D eigenvalue weighted by molar-refractivity contribution is -0.139. The Bertz CT molecular complexity index is 787. The van der Waals surface area contributed by atoms with E-state index in [-0.39, 0.29) is 23.6 Å². The molecule has 1 aromatic rings. The maximum Gasteiger partial charge on any atom is 0.338 e. The first-order chi connectivity index (χ1) is 12.0. The van der Waals surface area contributed by atoms with Crippen molar-refractivity contribution >= 4 is 5.97 Å². The number of hydrogen-bond donors (Lipinski definition) is 1. The summed E-state index contributed by atoms with van der Waals surface area (Å²) >= 11 is 0. The van der Waals surface area contributed by atoms with Gasteiger partial charge in [-0.25, -0.2) is 4.79 Å². The number of hydrogen-bond acceptors (Lipinski definition) is 6. The van der Waals surface area contributed by atoms with Crippen molar-refractivity contribution < 1.29 is 19.0 Å². The number of para-hydroxylation sites is 1. The van der Waals surface area contributed by atoms with Gasteiger partial charge in [-0.3, -0.25) is 0 Å². The first kappa shape index (κ1) is 18.1. The molecule has 1 aliphatic rings. The maximum atomic E-state index is 12.5. The lowest BCUT2D eigenvalue weighted by Gasteiger charge is -2.27. The largest absolute Gasteiger partial charge is 0.489 e. The topological polar surface area (TPSA) is 94.6 Å². The van der Waals surface area contributed by atoms with E-state index in [1.807, 2.05) is 6.07 Å². The summed E-state index contributed by atoms with van der Waals surface area (Å²) in [5.74, 6) is -0.470. The molecule has 6 nitrogen and oxygen atoms in total. The Balaban J connectivity index is 2.63. The van der Waals surface area contributed by atoms with Crippen LogP contribution >= 0.6 is 0 Å². The molecule has 0 aromatic heterocycles. The van der Waals surface area contributed by atoms with Gasteiger partial charge in [-0.05, 0) is 19.9 Å². The number of nitrogens with two attached hydrogens (primary N) is 1. The van der Waals surface area contributed by atoms with Crippen molar-refractivity contribution in [2.75, 3.05) is 13.2 Å². The number of benzene rings is 1. The molecule has 0 aliphatic carbocycles. The van der Waals surface area contributed by atoms with Gasteiger partial charge in [0.2, 0.25) is 5.88 Å². The average molecular weight is 340 g/mol. The van der Waals surface area contributed by atoms with Crippen molar-refractivity contribution in [1.29, 1.82) is 5.26 Å².